The molecule has 0 spiro atoms. The highest BCUT2D eigenvalue weighted by molar-refractivity contribution is 7.94. The van der Waals surface area contributed by atoms with E-state index in [0.717, 1.165) is 20.9 Å². The SMILES string of the molecule is CN1c2ccc(F)cc2N(CCNC(=O)c2ccncc2F)S1(=O)=O. The van der Waals surface area contributed by atoms with Crippen molar-refractivity contribution in [1.82, 2.24) is 10.3 Å². The van der Waals surface area contributed by atoms with E-state index in [2.05, 4.69) is 10.3 Å². The Morgan fingerprint density at radius 2 is 2.00 bits per heavy atom. The lowest BCUT2D eigenvalue weighted by atomic mass is 10.2. The van der Waals surface area contributed by atoms with Gasteiger partial charge in [-0.25, -0.2) is 13.1 Å². The van der Waals surface area contributed by atoms with Gasteiger partial charge in [0.15, 0.2) is 5.82 Å². The van der Waals surface area contributed by atoms with Crippen molar-refractivity contribution < 1.29 is 22.0 Å². The second-order valence-electron chi connectivity index (χ2n) is 5.29. The maximum Gasteiger partial charge on any atom is 0.326 e. The van der Waals surface area contributed by atoms with Crippen LogP contribution in [0, 0.1) is 11.6 Å². The van der Waals surface area contributed by atoms with Crippen LogP contribution in [0.15, 0.2) is 36.7 Å². The number of fused-ring (bicyclic) bond motifs is 1. The number of carbonyl (C=O) groups is 1. The third kappa shape index (κ3) is 3.00. The molecule has 2 aromatic rings. The van der Waals surface area contributed by atoms with Crippen molar-refractivity contribution in [3.8, 4) is 0 Å². The van der Waals surface area contributed by atoms with Crippen LogP contribution in [-0.2, 0) is 10.2 Å². The third-order valence-electron chi connectivity index (χ3n) is 3.79. The number of carbonyl (C=O) groups excluding carboxylic acids is 1. The summed E-state index contributed by atoms with van der Waals surface area (Å²) in [4.78, 5) is 15.5. The summed E-state index contributed by atoms with van der Waals surface area (Å²) < 4.78 is 53.8. The molecule has 7 nitrogen and oxygen atoms in total. The minimum atomic E-state index is -3.85. The Bertz CT molecular complexity index is 936. The highest BCUT2D eigenvalue weighted by Crippen LogP contribution is 2.39. The number of halogens is 2. The number of benzene rings is 1. The first kappa shape index (κ1) is 17.1. The van der Waals surface area contributed by atoms with Crippen LogP contribution in [0.4, 0.5) is 20.2 Å². The standard InChI is InChI=1S/C15H14F2N4O3S/c1-20-13-3-2-10(16)8-14(13)21(25(20,23)24)7-6-19-15(22)11-4-5-18-9-12(11)17/h2-5,8-9H,6-7H2,1H3,(H,19,22). The number of hydrogen-bond donors (Lipinski definition) is 1. The molecular weight excluding hydrogens is 354 g/mol. The summed E-state index contributed by atoms with van der Waals surface area (Å²) in [6.45, 7) is -0.203. The lowest BCUT2D eigenvalue weighted by Crippen LogP contribution is -2.40. The largest absolute Gasteiger partial charge is 0.350 e. The number of amides is 1. The second-order valence-corrected chi connectivity index (χ2v) is 7.18. The zero-order valence-electron chi connectivity index (χ0n) is 13.1. The third-order valence-corrected chi connectivity index (χ3v) is 5.61. The van der Waals surface area contributed by atoms with Gasteiger partial charge in [0, 0.05) is 25.9 Å². The molecule has 10 heteroatoms. The zero-order valence-corrected chi connectivity index (χ0v) is 13.9. The van der Waals surface area contributed by atoms with Crippen molar-refractivity contribution in [1.29, 1.82) is 0 Å². The first-order valence-corrected chi connectivity index (χ1v) is 8.66. The van der Waals surface area contributed by atoms with Crippen LogP contribution < -0.4 is 13.9 Å². The van der Waals surface area contributed by atoms with Crippen molar-refractivity contribution in [2.75, 3.05) is 28.7 Å². The van der Waals surface area contributed by atoms with Gasteiger partial charge in [0.2, 0.25) is 0 Å². The summed E-state index contributed by atoms with van der Waals surface area (Å²) in [7, 11) is -2.49. The van der Waals surface area contributed by atoms with Crippen LogP contribution in [-0.4, -0.2) is 39.4 Å². The van der Waals surface area contributed by atoms with Gasteiger partial charge >= 0.3 is 10.2 Å². The number of pyridine rings is 1. The Hall–Kier alpha value is -2.75. The van der Waals surface area contributed by atoms with Crippen LogP contribution in [0.2, 0.25) is 0 Å². The number of anilines is 2. The Balaban J connectivity index is 1.74. The molecule has 0 saturated carbocycles. The molecule has 0 atom stereocenters. The zero-order chi connectivity index (χ0) is 18.2. The van der Waals surface area contributed by atoms with Crippen LogP contribution >= 0.6 is 0 Å². The Morgan fingerprint density at radius 3 is 2.72 bits per heavy atom. The first-order valence-electron chi connectivity index (χ1n) is 7.26. The van der Waals surface area contributed by atoms with Gasteiger partial charge in [0.1, 0.15) is 5.82 Å². The van der Waals surface area contributed by atoms with E-state index in [1.54, 1.807) is 0 Å². The summed E-state index contributed by atoms with van der Waals surface area (Å²) in [6, 6.07) is 4.87. The van der Waals surface area contributed by atoms with Crippen molar-refractivity contribution in [3.05, 3.63) is 53.9 Å². The van der Waals surface area contributed by atoms with Gasteiger partial charge in [0.05, 0.1) is 29.7 Å². The van der Waals surface area contributed by atoms with Crippen molar-refractivity contribution in [2.45, 2.75) is 0 Å². The molecule has 0 bridgehead atoms. The van der Waals surface area contributed by atoms with E-state index < -0.39 is 27.8 Å². The molecule has 0 saturated heterocycles. The predicted molar refractivity (Wildman–Crippen MR) is 87.6 cm³/mol. The molecule has 1 aromatic heterocycles. The highest BCUT2D eigenvalue weighted by atomic mass is 32.2. The van der Waals surface area contributed by atoms with Crippen molar-refractivity contribution >= 4 is 27.5 Å². The number of nitrogens with one attached hydrogen (secondary N) is 1. The Labute approximate surface area is 143 Å². The number of hydrogen-bond acceptors (Lipinski definition) is 4. The maximum absolute atomic E-state index is 13.5. The van der Waals surface area contributed by atoms with E-state index in [9.17, 15) is 22.0 Å². The molecule has 1 aliphatic heterocycles. The molecule has 0 unspecified atom stereocenters. The summed E-state index contributed by atoms with van der Waals surface area (Å²) >= 11 is 0. The Kier molecular flexibility index (Phi) is 4.29. The fourth-order valence-corrected chi connectivity index (χ4v) is 3.94. The van der Waals surface area contributed by atoms with Gasteiger partial charge < -0.3 is 5.32 Å². The average molecular weight is 368 g/mol. The number of rotatable bonds is 4. The van der Waals surface area contributed by atoms with Gasteiger partial charge in [-0.3, -0.25) is 14.1 Å². The maximum atomic E-state index is 13.5. The van der Waals surface area contributed by atoms with Crippen molar-refractivity contribution in [2.24, 2.45) is 0 Å². The molecule has 3 rings (SSSR count). The molecule has 0 radical (unpaired) electrons. The number of nitrogens with zero attached hydrogens (tertiary/aromatic N) is 3. The van der Waals surface area contributed by atoms with E-state index in [1.807, 2.05) is 0 Å². The van der Waals surface area contributed by atoms with Crippen molar-refractivity contribution in [3.63, 3.8) is 0 Å². The predicted octanol–water partition coefficient (Wildman–Crippen LogP) is 1.29. The first-order chi connectivity index (χ1) is 11.8. The van der Waals surface area contributed by atoms with Crippen LogP contribution in [0.25, 0.3) is 0 Å². The minimum Gasteiger partial charge on any atom is -0.350 e. The molecule has 132 valence electrons. The normalized spacial score (nSPS) is 15.2. The number of aromatic nitrogens is 1. The van der Waals surface area contributed by atoms with Gasteiger partial charge in [-0.2, -0.15) is 8.42 Å². The molecule has 0 aliphatic carbocycles. The summed E-state index contributed by atoms with van der Waals surface area (Å²) in [6.07, 6.45) is 2.19. The molecule has 25 heavy (non-hydrogen) atoms. The topological polar surface area (TPSA) is 82.6 Å². The molecule has 1 amide bonds. The summed E-state index contributed by atoms with van der Waals surface area (Å²) in [5, 5.41) is 2.44. The van der Waals surface area contributed by atoms with E-state index in [-0.39, 0.29) is 24.3 Å². The van der Waals surface area contributed by atoms with Gasteiger partial charge in [0.25, 0.3) is 5.91 Å². The van der Waals surface area contributed by atoms with Crippen LogP contribution in [0.5, 0.6) is 0 Å². The average Bonchev–Trinajstić information content (AvgIpc) is 2.75. The highest BCUT2D eigenvalue weighted by Gasteiger charge is 2.37. The van der Waals surface area contributed by atoms with E-state index in [1.165, 1.54) is 31.4 Å². The van der Waals surface area contributed by atoms with E-state index in [0.29, 0.717) is 5.69 Å². The smallest absolute Gasteiger partial charge is 0.326 e. The van der Waals surface area contributed by atoms with E-state index in [4.69, 9.17) is 0 Å². The molecular formula is C15H14F2N4O3S. The van der Waals surface area contributed by atoms with Gasteiger partial charge in [-0.05, 0) is 18.2 Å². The molecule has 1 aromatic carbocycles. The lowest BCUT2D eigenvalue weighted by Gasteiger charge is -2.19. The fourth-order valence-electron chi connectivity index (χ4n) is 2.52. The summed E-state index contributed by atoms with van der Waals surface area (Å²) in [5.74, 6) is -2.04. The lowest BCUT2D eigenvalue weighted by molar-refractivity contribution is 0.0950. The van der Waals surface area contributed by atoms with Gasteiger partial charge in [-0.15, -0.1) is 0 Å². The van der Waals surface area contributed by atoms with Gasteiger partial charge in [-0.1, -0.05) is 0 Å². The molecule has 1 aliphatic rings. The second kappa shape index (κ2) is 6.28. The fraction of sp³-hybridized carbons (Fsp3) is 0.200. The quantitative estimate of drug-likeness (QED) is 0.882. The molecule has 1 N–H and O–H groups in total. The van der Waals surface area contributed by atoms with E-state index >= 15 is 0 Å². The molecule has 2 heterocycles. The summed E-state index contributed by atoms with van der Waals surface area (Å²) in [5.41, 5.74) is 0.336. The van der Waals surface area contributed by atoms with Crippen LogP contribution in [0.1, 0.15) is 10.4 Å². The molecule has 0 fully saturated rings. The minimum absolute atomic E-state index is 0.0797. The Morgan fingerprint density at radius 1 is 1.24 bits per heavy atom. The monoisotopic (exact) mass is 368 g/mol. The van der Waals surface area contributed by atoms with Crippen LogP contribution in [0.3, 0.4) is 0 Å².